The third kappa shape index (κ3) is 5.47. The van der Waals surface area contributed by atoms with E-state index in [1.165, 1.54) is 0 Å². The van der Waals surface area contributed by atoms with E-state index in [2.05, 4.69) is 45.5 Å². The van der Waals surface area contributed by atoms with Crippen molar-refractivity contribution >= 4 is 44.1 Å². The van der Waals surface area contributed by atoms with Crippen LogP contribution < -0.4 is 10.2 Å². The largest absolute Gasteiger partial charge is 0.369 e. The summed E-state index contributed by atoms with van der Waals surface area (Å²) < 4.78 is 23.7. The number of carbonyl (C=O) groups is 1. The number of carbonyl (C=O) groups excluding carboxylic acids is 1. The fourth-order valence-corrected chi connectivity index (χ4v) is 8.80. The zero-order valence-electron chi connectivity index (χ0n) is 21.9. The Morgan fingerprint density at radius 2 is 1.85 bits per heavy atom. The van der Waals surface area contributed by atoms with Gasteiger partial charge in [0, 0.05) is 36.8 Å². The molecular formula is C28H31N5O3S3. The van der Waals surface area contributed by atoms with Crippen LogP contribution in [0.2, 0.25) is 0 Å². The van der Waals surface area contributed by atoms with E-state index in [9.17, 15) is 18.5 Å². The summed E-state index contributed by atoms with van der Waals surface area (Å²) in [5.74, 6) is 0.112. The SMILES string of the molecule is Cc1ncc(-c2nc(C3CCCCC3C(=O)NC3(C#N)CC3)c(-c3ccc(N4CCS(=O)(=O)CC4)cc3)s2)s1. The molecule has 11 heteroatoms. The first kappa shape index (κ1) is 26.4. The molecule has 2 atom stereocenters. The van der Waals surface area contributed by atoms with Crippen molar-refractivity contribution in [3.05, 3.63) is 41.2 Å². The summed E-state index contributed by atoms with van der Waals surface area (Å²) in [5, 5.41) is 14.5. The number of aryl methyl sites for hydroxylation is 1. The highest BCUT2D eigenvalue weighted by molar-refractivity contribution is 7.91. The molecule has 1 saturated heterocycles. The minimum absolute atomic E-state index is 0.0192. The zero-order valence-corrected chi connectivity index (χ0v) is 24.3. The van der Waals surface area contributed by atoms with E-state index in [-0.39, 0.29) is 29.2 Å². The molecule has 3 fully saturated rings. The minimum Gasteiger partial charge on any atom is -0.369 e. The summed E-state index contributed by atoms with van der Waals surface area (Å²) >= 11 is 3.26. The van der Waals surface area contributed by atoms with E-state index in [1.54, 1.807) is 22.7 Å². The van der Waals surface area contributed by atoms with Gasteiger partial charge in [0.25, 0.3) is 0 Å². The maximum atomic E-state index is 13.4. The number of nitrogens with zero attached hydrogens (tertiary/aromatic N) is 4. The van der Waals surface area contributed by atoms with Gasteiger partial charge in [-0.05, 0) is 50.3 Å². The molecule has 2 saturated carbocycles. The number of anilines is 1. The van der Waals surface area contributed by atoms with Crippen molar-refractivity contribution < 1.29 is 13.2 Å². The van der Waals surface area contributed by atoms with Gasteiger partial charge in [0.15, 0.2) is 9.84 Å². The Morgan fingerprint density at radius 3 is 2.49 bits per heavy atom. The molecule has 0 spiro atoms. The standard InChI is InChI=1S/C28H31N5O3S3/c1-18-30-16-23(37-18)27-31-24(21-4-2-3-5-22(21)26(34)32-28(17-29)10-11-28)25(38-27)19-6-8-20(9-7-19)33-12-14-39(35,36)15-13-33/h6-9,16,21-22H,2-5,10-15H2,1H3,(H,32,34). The van der Waals surface area contributed by atoms with Crippen LogP contribution in [0.5, 0.6) is 0 Å². The lowest BCUT2D eigenvalue weighted by Gasteiger charge is -2.31. The highest BCUT2D eigenvalue weighted by Gasteiger charge is 2.47. The van der Waals surface area contributed by atoms with Gasteiger partial charge in [-0.1, -0.05) is 25.0 Å². The molecule has 3 aliphatic rings. The first-order valence-corrected chi connectivity index (χ1v) is 16.9. The van der Waals surface area contributed by atoms with Crippen LogP contribution in [0.4, 0.5) is 5.69 Å². The van der Waals surface area contributed by atoms with Gasteiger partial charge < -0.3 is 10.2 Å². The van der Waals surface area contributed by atoms with Crippen molar-refractivity contribution in [1.82, 2.24) is 15.3 Å². The first-order valence-electron chi connectivity index (χ1n) is 13.5. The average Bonchev–Trinajstić information content (AvgIpc) is 3.35. The maximum Gasteiger partial charge on any atom is 0.225 e. The van der Waals surface area contributed by atoms with Gasteiger partial charge in [-0.15, -0.1) is 22.7 Å². The van der Waals surface area contributed by atoms with Crippen molar-refractivity contribution in [2.24, 2.45) is 5.92 Å². The predicted octanol–water partition coefficient (Wildman–Crippen LogP) is 4.92. The third-order valence-electron chi connectivity index (χ3n) is 8.10. The van der Waals surface area contributed by atoms with E-state index in [1.807, 2.05) is 13.1 Å². The summed E-state index contributed by atoms with van der Waals surface area (Å²) in [7, 11) is -2.94. The average molecular weight is 582 g/mol. The zero-order chi connectivity index (χ0) is 27.2. The number of hydrogen-bond donors (Lipinski definition) is 1. The smallest absolute Gasteiger partial charge is 0.225 e. The molecule has 1 amide bonds. The molecule has 1 aromatic carbocycles. The molecule has 1 N–H and O–H groups in total. The van der Waals surface area contributed by atoms with Crippen LogP contribution in [-0.4, -0.2) is 54.4 Å². The number of benzene rings is 1. The molecule has 1 aliphatic heterocycles. The van der Waals surface area contributed by atoms with E-state index < -0.39 is 15.4 Å². The van der Waals surface area contributed by atoms with Crippen molar-refractivity contribution in [1.29, 1.82) is 5.26 Å². The fourth-order valence-electron chi connectivity index (χ4n) is 5.64. The number of aromatic nitrogens is 2. The molecule has 39 heavy (non-hydrogen) atoms. The van der Waals surface area contributed by atoms with E-state index in [4.69, 9.17) is 4.98 Å². The first-order chi connectivity index (χ1) is 18.8. The Morgan fingerprint density at radius 1 is 1.13 bits per heavy atom. The number of nitrogens with one attached hydrogen (secondary N) is 1. The van der Waals surface area contributed by atoms with Crippen molar-refractivity contribution in [2.75, 3.05) is 29.5 Å². The summed E-state index contributed by atoms with van der Waals surface area (Å²) in [6.07, 6.45) is 7.03. The fraction of sp³-hybridized carbons (Fsp3) is 0.500. The number of nitriles is 1. The number of amides is 1. The second-order valence-electron chi connectivity index (χ2n) is 10.8. The lowest BCUT2D eigenvalue weighted by Crippen LogP contribution is -2.42. The van der Waals surface area contributed by atoms with Crippen LogP contribution in [0.15, 0.2) is 30.5 Å². The van der Waals surface area contributed by atoms with Crippen LogP contribution in [0.3, 0.4) is 0 Å². The molecule has 0 radical (unpaired) electrons. The minimum atomic E-state index is -2.94. The molecular weight excluding hydrogens is 551 g/mol. The molecule has 2 aliphatic carbocycles. The molecule has 0 bridgehead atoms. The van der Waals surface area contributed by atoms with Crippen LogP contribution >= 0.6 is 22.7 Å². The maximum absolute atomic E-state index is 13.4. The van der Waals surface area contributed by atoms with Crippen molar-refractivity contribution in [3.63, 3.8) is 0 Å². The van der Waals surface area contributed by atoms with Gasteiger partial charge in [-0.2, -0.15) is 5.26 Å². The monoisotopic (exact) mass is 581 g/mol. The van der Waals surface area contributed by atoms with Gasteiger partial charge in [-0.25, -0.2) is 18.4 Å². The van der Waals surface area contributed by atoms with Gasteiger partial charge in [-0.3, -0.25) is 4.79 Å². The molecule has 6 rings (SSSR count). The lowest BCUT2D eigenvalue weighted by molar-refractivity contribution is -0.127. The Labute approximate surface area is 237 Å². The summed E-state index contributed by atoms with van der Waals surface area (Å²) in [6, 6.07) is 10.6. The van der Waals surface area contributed by atoms with Crippen LogP contribution in [0, 0.1) is 24.2 Å². The number of rotatable bonds is 6. The number of hydrogen-bond acceptors (Lipinski definition) is 9. The molecule has 2 unspecified atom stereocenters. The Balaban J connectivity index is 1.34. The molecule has 204 valence electrons. The second kappa shape index (κ2) is 10.3. The number of sulfone groups is 1. The van der Waals surface area contributed by atoms with Gasteiger partial charge in [0.2, 0.25) is 5.91 Å². The Hall–Kier alpha value is -2.81. The quantitative estimate of drug-likeness (QED) is 0.439. The van der Waals surface area contributed by atoms with Crippen molar-refractivity contribution in [3.8, 4) is 26.4 Å². The Kier molecular flexibility index (Phi) is 6.98. The predicted molar refractivity (Wildman–Crippen MR) is 155 cm³/mol. The topological polar surface area (TPSA) is 116 Å². The lowest BCUT2D eigenvalue weighted by atomic mass is 9.76. The van der Waals surface area contributed by atoms with Gasteiger partial charge in [0.05, 0.1) is 38.0 Å². The van der Waals surface area contributed by atoms with Crippen LogP contribution in [0.25, 0.3) is 20.3 Å². The molecule has 3 heterocycles. The molecule has 3 aromatic rings. The van der Waals surface area contributed by atoms with Crippen LogP contribution in [0.1, 0.15) is 55.1 Å². The summed E-state index contributed by atoms with van der Waals surface area (Å²) in [5.41, 5.74) is 2.33. The second-order valence-corrected chi connectivity index (χ2v) is 15.4. The summed E-state index contributed by atoms with van der Waals surface area (Å²) in [4.78, 5) is 27.2. The van der Waals surface area contributed by atoms with Crippen molar-refractivity contribution in [2.45, 2.75) is 56.9 Å². The van der Waals surface area contributed by atoms with Gasteiger partial charge >= 0.3 is 0 Å². The molecule has 2 aromatic heterocycles. The Bertz CT molecular complexity index is 1520. The van der Waals surface area contributed by atoms with Crippen LogP contribution in [-0.2, 0) is 14.6 Å². The highest BCUT2D eigenvalue weighted by atomic mass is 32.2. The molecule has 8 nitrogen and oxygen atoms in total. The number of thiazole rings is 2. The van der Waals surface area contributed by atoms with Gasteiger partial charge in [0.1, 0.15) is 10.5 Å². The van der Waals surface area contributed by atoms with E-state index >= 15 is 0 Å². The highest BCUT2D eigenvalue weighted by Crippen LogP contribution is 2.47. The summed E-state index contributed by atoms with van der Waals surface area (Å²) in [6.45, 7) is 3.00. The van der Waals surface area contributed by atoms with E-state index in [0.717, 1.165) is 75.2 Å². The third-order valence-corrected chi connectivity index (χ3v) is 11.9. The van der Waals surface area contributed by atoms with E-state index in [0.29, 0.717) is 13.1 Å². The normalized spacial score (nSPS) is 23.6.